The second kappa shape index (κ2) is 7.50. The number of piperidine rings is 1. The van der Waals surface area contributed by atoms with Crippen LogP contribution < -0.4 is 10.1 Å². The van der Waals surface area contributed by atoms with Gasteiger partial charge in [0, 0.05) is 6.54 Å². The predicted molar refractivity (Wildman–Crippen MR) is 81.2 cm³/mol. The van der Waals surface area contributed by atoms with Crippen molar-refractivity contribution in [3.8, 4) is 11.5 Å². The summed E-state index contributed by atoms with van der Waals surface area (Å²) in [5.74, 6) is 1.59. The van der Waals surface area contributed by atoms with Gasteiger partial charge in [0.1, 0.15) is 0 Å². The number of nitrogens with zero attached hydrogens (tertiary/aromatic N) is 1. The second-order valence-electron chi connectivity index (χ2n) is 5.53. The largest absolute Gasteiger partial charge is 0.504 e. The molecule has 0 radical (unpaired) electrons. The van der Waals surface area contributed by atoms with E-state index in [1.165, 1.54) is 18.4 Å². The lowest BCUT2D eigenvalue weighted by Gasteiger charge is -2.32. The molecule has 1 aromatic carbocycles. The molecule has 0 aliphatic carbocycles. The summed E-state index contributed by atoms with van der Waals surface area (Å²) in [5, 5.41) is 13.1. The SMILES string of the molecule is CCNCC1CCN(Cc2ccc(O)c(OC)c2)CC1. The van der Waals surface area contributed by atoms with Gasteiger partial charge in [-0.25, -0.2) is 0 Å². The van der Waals surface area contributed by atoms with Crippen LogP contribution in [0.15, 0.2) is 18.2 Å². The minimum atomic E-state index is 0.209. The number of nitrogens with one attached hydrogen (secondary N) is 1. The van der Waals surface area contributed by atoms with Crippen LogP contribution in [0.4, 0.5) is 0 Å². The van der Waals surface area contributed by atoms with Crippen LogP contribution in [0.1, 0.15) is 25.3 Å². The van der Waals surface area contributed by atoms with Crippen molar-refractivity contribution in [3.63, 3.8) is 0 Å². The molecule has 0 amide bonds. The molecule has 2 N–H and O–H groups in total. The molecule has 1 fully saturated rings. The monoisotopic (exact) mass is 278 g/mol. The fourth-order valence-electron chi connectivity index (χ4n) is 2.78. The van der Waals surface area contributed by atoms with Gasteiger partial charge in [0.05, 0.1) is 7.11 Å². The van der Waals surface area contributed by atoms with E-state index in [0.29, 0.717) is 5.75 Å². The van der Waals surface area contributed by atoms with Gasteiger partial charge in [-0.3, -0.25) is 4.90 Å². The van der Waals surface area contributed by atoms with E-state index in [2.05, 4.69) is 17.1 Å². The zero-order chi connectivity index (χ0) is 14.4. The maximum absolute atomic E-state index is 9.61. The molecule has 2 rings (SSSR count). The minimum Gasteiger partial charge on any atom is -0.504 e. The first-order chi connectivity index (χ1) is 9.72. The summed E-state index contributed by atoms with van der Waals surface area (Å²) in [6.07, 6.45) is 2.53. The lowest BCUT2D eigenvalue weighted by Crippen LogP contribution is -2.36. The van der Waals surface area contributed by atoms with Gasteiger partial charge in [0.2, 0.25) is 0 Å². The highest BCUT2D eigenvalue weighted by atomic mass is 16.5. The van der Waals surface area contributed by atoms with Crippen molar-refractivity contribution in [3.05, 3.63) is 23.8 Å². The van der Waals surface area contributed by atoms with E-state index in [9.17, 15) is 5.11 Å². The molecule has 4 heteroatoms. The Hall–Kier alpha value is -1.26. The van der Waals surface area contributed by atoms with E-state index < -0.39 is 0 Å². The lowest BCUT2D eigenvalue weighted by molar-refractivity contribution is 0.175. The van der Waals surface area contributed by atoms with Crippen LogP contribution in [-0.4, -0.2) is 43.3 Å². The molecule has 0 saturated carbocycles. The fraction of sp³-hybridized carbons (Fsp3) is 0.625. The molecule has 0 aromatic heterocycles. The van der Waals surface area contributed by atoms with Crippen molar-refractivity contribution in [1.82, 2.24) is 10.2 Å². The van der Waals surface area contributed by atoms with Gasteiger partial charge < -0.3 is 15.2 Å². The number of phenolic OH excluding ortho intramolecular Hbond substituents is 1. The Balaban J connectivity index is 1.83. The third-order valence-electron chi connectivity index (χ3n) is 4.04. The van der Waals surface area contributed by atoms with Crippen LogP contribution in [0.2, 0.25) is 0 Å². The molecule has 0 bridgehead atoms. The van der Waals surface area contributed by atoms with Crippen molar-refractivity contribution in [2.75, 3.05) is 33.3 Å². The summed E-state index contributed by atoms with van der Waals surface area (Å²) < 4.78 is 5.16. The normalized spacial score (nSPS) is 17.3. The Morgan fingerprint density at radius 2 is 2.10 bits per heavy atom. The first kappa shape index (κ1) is 15.1. The van der Waals surface area contributed by atoms with Crippen LogP contribution >= 0.6 is 0 Å². The molecule has 112 valence electrons. The van der Waals surface area contributed by atoms with Gasteiger partial charge in [0.25, 0.3) is 0 Å². The second-order valence-corrected chi connectivity index (χ2v) is 5.53. The summed E-state index contributed by atoms with van der Waals surface area (Å²) in [6.45, 7) is 7.61. The van der Waals surface area contributed by atoms with Crippen molar-refractivity contribution in [2.45, 2.75) is 26.3 Å². The lowest BCUT2D eigenvalue weighted by atomic mass is 9.96. The van der Waals surface area contributed by atoms with Gasteiger partial charge in [-0.1, -0.05) is 13.0 Å². The molecular weight excluding hydrogens is 252 g/mol. The van der Waals surface area contributed by atoms with E-state index in [4.69, 9.17) is 4.74 Å². The average Bonchev–Trinajstić information content (AvgIpc) is 2.48. The van der Waals surface area contributed by atoms with E-state index in [1.807, 2.05) is 12.1 Å². The predicted octanol–water partition coefficient (Wildman–Crippen LogP) is 2.22. The summed E-state index contributed by atoms with van der Waals surface area (Å²) in [5.41, 5.74) is 1.20. The number of hydrogen-bond acceptors (Lipinski definition) is 4. The molecule has 1 aromatic rings. The van der Waals surface area contributed by atoms with Crippen molar-refractivity contribution in [2.24, 2.45) is 5.92 Å². The number of likely N-dealkylation sites (tertiary alicyclic amines) is 1. The summed E-state index contributed by atoms with van der Waals surface area (Å²) in [7, 11) is 1.59. The zero-order valence-electron chi connectivity index (χ0n) is 12.6. The summed E-state index contributed by atoms with van der Waals surface area (Å²) in [6, 6.07) is 5.62. The number of aromatic hydroxyl groups is 1. The Morgan fingerprint density at radius 1 is 1.35 bits per heavy atom. The number of rotatable bonds is 6. The molecule has 1 aliphatic rings. The highest BCUT2D eigenvalue weighted by molar-refractivity contribution is 5.41. The molecule has 1 heterocycles. The van der Waals surface area contributed by atoms with Crippen molar-refractivity contribution < 1.29 is 9.84 Å². The number of hydrogen-bond donors (Lipinski definition) is 2. The molecule has 1 saturated heterocycles. The van der Waals surface area contributed by atoms with E-state index in [1.54, 1.807) is 13.2 Å². The highest BCUT2D eigenvalue weighted by Crippen LogP contribution is 2.27. The van der Waals surface area contributed by atoms with Crippen LogP contribution in [0, 0.1) is 5.92 Å². The third kappa shape index (κ3) is 4.12. The smallest absolute Gasteiger partial charge is 0.160 e. The first-order valence-corrected chi connectivity index (χ1v) is 7.52. The van der Waals surface area contributed by atoms with E-state index in [0.717, 1.165) is 38.6 Å². The molecular formula is C16H26N2O2. The highest BCUT2D eigenvalue weighted by Gasteiger charge is 2.19. The number of ether oxygens (including phenoxy) is 1. The number of benzene rings is 1. The van der Waals surface area contributed by atoms with Gasteiger partial charge >= 0.3 is 0 Å². The zero-order valence-corrected chi connectivity index (χ0v) is 12.6. The topological polar surface area (TPSA) is 44.7 Å². The Morgan fingerprint density at radius 3 is 2.75 bits per heavy atom. The van der Waals surface area contributed by atoms with Crippen LogP contribution in [-0.2, 0) is 6.54 Å². The first-order valence-electron chi connectivity index (χ1n) is 7.52. The van der Waals surface area contributed by atoms with E-state index in [-0.39, 0.29) is 5.75 Å². The Kier molecular flexibility index (Phi) is 5.68. The third-order valence-corrected chi connectivity index (χ3v) is 4.04. The van der Waals surface area contributed by atoms with Crippen molar-refractivity contribution in [1.29, 1.82) is 0 Å². The van der Waals surface area contributed by atoms with Crippen molar-refractivity contribution >= 4 is 0 Å². The van der Waals surface area contributed by atoms with Crippen LogP contribution in [0.5, 0.6) is 11.5 Å². The van der Waals surface area contributed by atoms with Gasteiger partial charge in [-0.15, -0.1) is 0 Å². The van der Waals surface area contributed by atoms with Crippen LogP contribution in [0.3, 0.4) is 0 Å². The molecule has 1 aliphatic heterocycles. The molecule has 0 unspecified atom stereocenters. The Bertz CT molecular complexity index is 415. The Labute approximate surface area is 121 Å². The molecule has 4 nitrogen and oxygen atoms in total. The molecule has 0 spiro atoms. The number of phenols is 1. The maximum atomic E-state index is 9.61. The quantitative estimate of drug-likeness (QED) is 0.837. The average molecular weight is 278 g/mol. The van der Waals surface area contributed by atoms with Gasteiger partial charge in [-0.2, -0.15) is 0 Å². The molecule has 20 heavy (non-hydrogen) atoms. The summed E-state index contributed by atoms with van der Waals surface area (Å²) in [4.78, 5) is 2.48. The van der Waals surface area contributed by atoms with Gasteiger partial charge in [0.15, 0.2) is 11.5 Å². The standard InChI is InChI=1S/C16H26N2O2/c1-3-17-11-13-6-8-18(9-7-13)12-14-4-5-15(19)16(10-14)20-2/h4-5,10,13,17,19H,3,6-9,11-12H2,1-2H3. The fourth-order valence-corrected chi connectivity index (χ4v) is 2.78. The van der Waals surface area contributed by atoms with Gasteiger partial charge in [-0.05, 0) is 62.6 Å². The molecule has 0 atom stereocenters. The minimum absolute atomic E-state index is 0.209. The maximum Gasteiger partial charge on any atom is 0.160 e. The van der Waals surface area contributed by atoms with E-state index >= 15 is 0 Å². The summed E-state index contributed by atoms with van der Waals surface area (Å²) >= 11 is 0. The number of methoxy groups -OCH3 is 1. The van der Waals surface area contributed by atoms with Crippen LogP contribution in [0.25, 0.3) is 0 Å².